The minimum atomic E-state index is -5.02. The van der Waals surface area contributed by atoms with Crippen LogP contribution in [0.5, 0.6) is 0 Å². The maximum absolute atomic E-state index is 13.6. The molecule has 0 radical (unpaired) electrons. The third-order valence-corrected chi connectivity index (χ3v) is 5.54. The number of carbonyl (C=O) groups is 1. The lowest BCUT2D eigenvalue weighted by atomic mass is 10.1. The van der Waals surface area contributed by atoms with Crippen molar-refractivity contribution in [3.8, 4) is 0 Å². The van der Waals surface area contributed by atoms with E-state index in [0.29, 0.717) is 38.3 Å². The molecule has 31 heavy (non-hydrogen) atoms. The standard InChI is InChI=1S/C20H19ClF5N3O2/c21-19(31,20(24,25)26)14-3-1-12(2-4-14)11-28-5-7-29(8-6-28)18(30)13-9-15(22)17(27)16(23)10-13/h1-4,9-10,31H,5-8,11,27H2. The van der Waals surface area contributed by atoms with E-state index < -0.39 is 40.0 Å². The molecule has 5 nitrogen and oxygen atoms in total. The summed E-state index contributed by atoms with van der Waals surface area (Å²) in [5, 5.41) is 6.04. The molecule has 1 saturated heterocycles. The second kappa shape index (κ2) is 8.60. The molecule has 1 unspecified atom stereocenters. The molecule has 1 atom stereocenters. The van der Waals surface area contributed by atoms with E-state index >= 15 is 0 Å². The predicted octanol–water partition coefficient (Wildman–Crippen LogP) is 3.45. The molecular weight excluding hydrogens is 445 g/mol. The van der Waals surface area contributed by atoms with Crippen molar-refractivity contribution in [3.63, 3.8) is 0 Å². The summed E-state index contributed by atoms with van der Waals surface area (Å²) in [6, 6.07) is 6.89. The highest BCUT2D eigenvalue weighted by atomic mass is 35.5. The summed E-state index contributed by atoms with van der Waals surface area (Å²) < 4.78 is 65.7. The van der Waals surface area contributed by atoms with Gasteiger partial charge < -0.3 is 15.7 Å². The van der Waals surface area contributed by atoms with Crippen LogP contribution in [0.1, 0.15) is 21.5 Å². The van der Waals surface area contributed by atoms with Crippen molar-refractivity contribution >= 4 is 23.2 Å². The number of amides is 1. The average Bonchev–Trinajstić information content (AvgIpc) is 2.71. The van der Waals surface area contributed by atoms with Crippen molar-refractivity contribution in [1.82, 2.24) is 9.80 Å². The number of anilines is 1. The third-order valence-electron chi connectivity index (χ3n) is 5.10. The lowest BCUT2D eigenvalue weighted by molar-refractivity contribution is -0.228. The van der Waals surface area contributed by atoms with Gasteiger partial charge in [0.25, 0.3) is 11.0 Å². The molecule has 1 heterocycles. The summed E-state index contributed by atoms with van der Waals surface area (Å²) in [5.41, 5.74) is 4.65. The summed E-state index contributed by atoms with van der Waals surface area (Å²) >= 11 is 5.24. The van der Waals surface area contributed by atoms with Gasteiger partial charge in [0, 0.05) is 43.9 Å². The van der Waals surface area contributed by atoms with E-state index in [4.69, 9.17) is 17.3 Å². The minimum Gasteiger partial charge on any atom is -0.394 e. The van der Waals surface area contributed by atoms with Crippen LogP contribution in [0.4, 0.5) is 27.6 Å². The van der Waals surface area contributed by atoms with Crippen LogP contribution < -0.4 is 5.73 Å². The second-order valence-electron chi connectivity index (χ2n) is 7.24. The van der Waals surface area contributed by atoms with Gasteiger partial charge in [0.15, 0.2) is 0 Å². The zero-order valence-electron chi connectivity index (χ0n) is 16.1. The van der Waals surface area contributed by atoms with Crippen molar-refractivity contribution in [2.45, 2.75) is 17.8 Å². The number of carbonyl (C=O) groups excluding carboxylic acids is 1. The number of piperazine rings is 1. The molecule has 1 fully saturated rings. The summed E-state index contributed by atoms with van der Waals surface area (Å²) in [6.45, 7) is 1.92. The van der Waals surface area contributed by atoms with Crippen LogP contribution in [0.2, 0.25) is 0 Å². The Balaban J connectivity index is 1.59. The fraction of sp³-hybridized carbons (Fsp3) is 0.350. The Labute approximate surface area is 179 Å². The Kier molecular flexibility index (Phi) is 6.45. The van der Waals surface area contributed by atoms with E-state index in [-0.39, 0.29) is 5.56 Å². The lowest BCUT2D eigenvalue weighted by Crippen LogP contribution is -2.48. The van der Waals surface area contributed by atoms with Crippen LogP contribution in [0.3, 0.4) is 0 Å². The van der Waals surface area contributed by atoms with Gasteiger partial charge >= 0.3 is 6.18 Å². The van der Waals surface area contributed by atoms with Gasteiger partial charge in [0.05, 0.1) is 0 Å². The molecule has 1 aliphatic heterocycles. The summed E-state index contributed by atoms with van der Waals surface area (Å²) in [4.78, 5) is 15.9. The lowest BCUT2D eigenvalue weighted by Gasteiger charge is -2.35. The number of rotatable bonds is 4. The first-order chi connectivity index (χ1) is 14.4. The fourth-order valence-electron chi connectivity index (χ4n) is 3.25. The van der Waals surface area contributed by atoms with Crippen LogP contribution in [0, 0.1) is 11.6 Å². The molecule has 0 aromatic heterocycles. The third kappa shape index (κ3) is 4.91. The molecule has 0 spiro atoms. The van der Waals surface area contributed by atoms with Crippen LogP contribution in [-0.2, 0) is 11.6 Å². The van der Waals surface area contributed by atoms with Gasteiger partial charge in [-0.25, -0.2) is 8.78 Å². The van der Waals surface area contributed by atoms with Crippen molar-refractivity contribution in [1.29, 1.82) is 0 Å². The number of nitrogens with two attached hydrogens (primary N) is 1. The van der Waals surface area contributed by atoms with Crippen molar-refractivity contribution < 1.29 is 31.9 Å². The molecule has 3 rings (SSSR count). The van der Waals surface area contributed by atoms with Crippen molar-refractivity contribution in [2.75, 3.05) is 31.9 Å². The van der Waals surface area contributed by atoms with Gasteiger partial charge in [-0.1, -0.05) is 35.9 Å². The second-order valence-corrected chi connectivity index (χ2v) is 7.79. The first-order valence-corrected chi connectivity index (χ1v) is 9.61. The number of alkyl halides is 4. The average molecular weight is 464 g/mol. The van der Waals surface area contributed by atoms with Gasteiger partial charge in [-0.05, 0) is 17.7 Å². The molecule has 2 aromatic carbocycles. The van der Waals surface area contributed by atoms with Crippen LogP contribution in [0.25, 0.3) is 0 Å². The quantitative estimate of drug-likeness (QED) is 0.414. The zero-order chi connectivity index (χ0) is 23.0. The Morgan fingerprint density at radius 1 is 1.03 bits per heavy atom. The number of hydrogen-bond donors (Lipinski definition) is 2. The summed E-state index contributed by atoms with van der Waals surface area (Å²) in [5.74, 6) is -2.52. The predicted molar refractivity (Wildman–Crippen MR) is 104 cm³/mol. The molecule has 2 aromatic rings. The SMILES string of the molecule is Nc1c(F)cc(C(=O)N2CCN(Cc3ccc(C(O)(Cl)C(F)(F)F)cc3)CC2)cc1F. The van der Waals surface area contributed by atoms with Crippen LogP contribution in [-0.4, -0.2) is 53.2 Å². The molecule has 3 N–H and O–H groups in total. The van der Waals surface area contributed by atoms with Gasteiger partial charge in [-0.3, -0.25) is 9.69 Å². The maximum atomic E-state index is 13.6. The maximum Gasteiger partial charge on any atom is 0.436 e. The molecule has 1 amide bonds. The van der Waals surface area contributed by atoms with E-state index in [0.717, 1.165) is 24.3 Å². The Hall–Kier alpha value is -2.43. The number of aliphatic hydroxyl groups is 1. The number of benzene rings is 2. The monoisotopic (exact) mass is 463 g/mol. The van der Waals surface area contributed by atoms with Crippen molar-refractivity contribution in [3.05, 3.63) is 64.7 Å². The molecule has 0 aliphatic carbocycles. The molecule has 1 aliphatic rings. The van der Waals surface area contributed by atoms with Crippen LogP contribution >= 0.6 is 11.6 Å². The van der Waals surface area contributed by atoms with E-state index in [1.54, 1.807) is 0 Å². The van der Waals surface area contributed by atoms with Crippen LogP contribution in [0.15, 0.2) is 36.4 Å². The summed E-state index contributed by atoms with van der Waals surface area (Å²) in [6.07, 6.45) is -5.02. The topological polar surface area (TPSA) is 69.8 Å². The van der Waals surface area contributed by atoms with E-state index in [1.807, 2.05) is 4.90 Å². The largest absolute Gasteiger partial charge is 0.436 e. The normalized spacial score (nSPS) is 17.5. The van der Waals surface area contributed by atoms with Crippen molar-refractivity contribution in [2.24, 2.45) is 0 Å². The number of halogens is 6. The van der Waals surface area contributed by atoms with Gasteiger partial charge in [-0.2, -0.15) is 13.2 Å². The summed E-state index contributed by atoms with van der Waals surface area (Å²) in [7, 11) is 0. The highest BCUT2D eigenvalue weighted by molar-refractivity contribution is 6.23. The zero-order valence-corrected chi connectivity index (χ0v) is 16.9. The number of nitrogens with zero attached hydrogens (tertiary/aromatic N) is 2. The number of nitrogen functional groups attached to an aromatic ring is 1. The Morgan fingerprint density at radius 3 is 2.03 bits per heavy atom. The van der Waals surface area contributed by atoms with E-state index in [2.05, 4.69) is 0 Å². The van der Waals surface area contributed by atoms with E-state index in [9.17, 15) is 31.9 Å². The highest BCUT2D eigenvalue weighted by Crippen LogP contribution is 2.42. The number of hydrogen-bond acceptors (Lipinski definition) is 4. The molecule has 0 bridgehead atoms. The fourth-order valence-corrected chi connectivity index (χ4v) is 3.38. The minimum absolute atomic E-state index is 0.133. The smallest absolute Gasteiger partial charge is 0.394 e. The molecular formula is C20H19ClF5N3O2. The molecule has 0 saturated carbocycles. The van der Waals surface area contributed by atoms with Gasteiger partial charge in [0.2, 0.25) is 0 Å². The highest BCUT2D eigenvalue weighted by Gasteiger charge is 2.54. The van der Waals surface area contributed by atoms with Gasteiger partial charge in [0.1, 0.15) is 17.3 Å². The molecule has 11 heteroatoms. The molecule has 168 valence electrons. The van der Waals surface area contributed by atoms with E-state index in [1.165, 1.54) is 17.0 Å². The Morgan fingerprint density at radius 2 is 1.55 bits per heavy atom. The Bertz CT molecular complexity index is 935. The van der Waals surface area contributed by atoms with Gasteiger partial charge in [-0.15, -0.1) is 0 Å². The first kappa shape index (κ1) is 23.2. The first-order valence-electron chi connectivity index (χ1n) is 9.23.